The van der Waals surface area contributed by atoms with E-state index >= 15 is 0 Å². The minimum absolute atomic E-state index is 0.187. The highest BCUT2D eigenvalue weighted by molar-refractivity contribution is 6.56. The van der Waals surface area contributed by atoms with Crippen LogP contribution < -0.4 is 10.5 Å². The van der Waals surface area contributed by atoms with Gasteiger partial charge in [-0.05, 0) is 29.3 Å². The van der Waals surface area contributed by atoms with E-state index in [1.54, 1.807) is 0 Å². The molecule has 0 amide bonds. The Morgan fingerprint density at radius 2 is 1.33 bits per heavy atom. The van der Waals surface area contributed by atoms with E-state index in [4.69, 9.17) is 0 Å². The average molecular weight is 255 g/mol. The molecule has 1 nitrogen and oxygen atoms in total. The lowest BCUT2D eigenvalue weighted by atomic mass is 10.2. The van der Waals surface area contributed by atoms with Gasteiger partial charge >= 0.3 is 0 Å². The van der Waals surface area contributed by atoms with Crippen molar-refractivity contribution in [2.24, 2.45) is 0 Å². The number of benzene rings is 2. The highest BCUT2D eigenvalue weighted by atomic mass is 28.2. The van der Waals surface area contributed by atoms with Gasteiger partial charge in [0.05, 0.1) is 9.52 Å². The number of hydrogen-bond acceptors (Lipinski definition) is 1. The monoisotopic (exact) mass is 255 g/mol. The quantitative estimate of drug-likeness (QED) is 0.829. The summed E-state index contributed by atoms with van der Waals surface area (Å²) in [5.41, 5.74) is 2.30. The van der Waals surface area contributed by atoms with Gasteiger partial charge in [-0.2, -0.15) is 0 Å². The Morgan fingerprint density at radius 3 is 1.89 bits per heavy atom. The number of anilines is 2. The van der Waals surface area contributed by atoms with Crippen LogP contribution in [0.25, 0.3) is 0 Å². The van der Waals surface area contributed by atoms with E-state index in [1.807, 2.05) is 18.2 Å². The van der Waals surface area contributed by atoms with Crippen molar-refractivity contribution in [2.75, 3.05) is 5.32 Å². The van der Waals surface area contributed by atoms with E-state index in [9.17, 15) is 0 Å². The maximum atomic E-state index is 3.41. The zero-order valence-corrected chi connectivity index (χ0v) is 12.8. The Morgan fingerprint density at radius 1 is 0.778 bits per heavy atom. The fourth-order valence-corrected chi connectivity index (χ4v) is 3.70. The number of rotatable bonds is 3. The van der Waals surface area contributed by atoms with Gasteiger partial charge in [0.25, 0.3) is 0 Å². The molecule has 0 aromatic heterocycles. The largest absolute Gasteiger partial charge is 0.356 e. The highest BCUT2D eigenvalue weighted by Crippen LogP contribution is 2.20. The molecule has 1 N–H and O–H groups in total. The fraction of sp³-hybridized carbons (Fsp3) is 0.250. The van der Waals surface area contributed by atoms with E-state index in [0.29, 0.717) is 5.04 Å². The van der Waals surface area contributed by atoms with Crippen molar-refractivity contribution in [1.82, 2.24) is 0 Å². The average Bonchev–Trinajstić information content (AvgIpc) is 2.31. The predicted molar refractivity (Wildman–Crippen MR) is 84.1 cm³/mol. The van der Waals surface area contributed by atoms with Gasteiger partial charge in [0.1, 0.15) is 0 Å². The van der Waals surface area contributed by atoms with Crippen LogP contribution >= 0.6 is 0 Å². The first-order chi connectivity index (χ1) is 8.53. The van der Waals surface area contributed by atoms with Gasteiger partial charge in [0, 0.05) is 11.4 Å². The van der Waals surface area contributed by atoms with Gasteiger partial charge < -0.3 is 5.32 Å². The Hall–Kier alpha value is -1.54. The van der Waals surface area contributed by atoms with Crippen LogP contribution in [0.1, 0.15) is 20.8 Å². The van der Waals surface area contributed by atoms with Gasteiger partial charge in [0.15, 0.2) is 0 Å². The number of para-hydroxylation sites is 1. The maximum Gasteiger partial charge on any atom is 0.0601 e. The fourth-order valence-electron chi connectivity index (χ4n) is 2.01. The Bertz CT molecular complexity index is 483. The van der Waals surface area contributed by atoms with Crippen LogP contribution in [0.3, 0.4) is 0 Å². The van der Waals surface area contributed by atoms with Crippen molar-refractivity contribution in [3.63, 3.8) is 0 Å². The molecular formula is C16H21NSi. The molecule has 0 saturated heterocycles. The second-order valence-corrected chi connectivity index (χ2v) is 9.22. The molecule has 2 aromatic carbocycles. The molecule has 0 bridgehead atoms. The predicted octanol–water partition coefficient (Wildman–Crippen LogP) is 3.44. The first-order valence-electron chi connectivity index (χ1n) is 6.44. The van der Waals surface area contributed by atoms with E-state index in [2.05, 4.69) is 62.5 Å². The molecule has 0 fully saturated rings. The molecule has 18 heavy (non-hydrogen) atoms. The summed E-state index contributed by atoms with van der Waals surface area (Å²) in [6.07, 6.45) is 0. The topological polar surface area (TPSA) is 12.0 Å². The lowest BCUT2D eigenvalue weighted by molar-refractivity contribution is 0.759. The van der Waals surface area contributed by atoms with E-state index in [-0.39, 0.29) is 9.52 Å². The van der Waals surface area contributed by atoms with Crippen molar-refractivity contribution in [3.05, 3.63) is 54.6 Å². The van der Waals surface area contributed by atoms with Crippen molar-refractivity contribution in [2.45, 2.75) is 25.8 Å². The smallest absolute Gasteiger partial charge is 0.0601 e. The van der Waals surface area contributed by atoms with Crippen LogP contribution in [0.15, 0.2) is 54.6 Å². The minimum atomic E-state index is -0.187. The Balaban J connectivity index is 2.04. The normalized spacial score (nSPS) is 11.9. The van der Waals surface area contributed by atoms with E-state index < -0.39 is 0 Å². The molecule has 0 aliphatic rings. The summed E-state index contributed by atoms with van der Waals surface area (Å²) in [7, 11) is -0.187. The second-order valence-electron chi connectivity index (χ2n) is 5.93. The number of hydrogen-bond donors (Lipinski definition) is 1. The molecule has 0 saturated carbocycles. The Kier molecular flexibility index (Phi) is 3.87. The molecule has 0 aliphatic carbocycles. The summed E-state index contributed by atoms with van der Waals surface area (Å²) in [6, 6.07) is 19.2. The zero-order chi connectivity index (χ0) is 13.0. The number of nitrogens with one attached hydrogen (secondary N) is 1. The molecule has 0 radical (unpaired) electrons. The summed E-state index contributed by atoms with van der Waals surface area (Å²) in [5, 5.41) is 5.42. The van der Waals surface area contributed by atoms with Crippen LogP contribution in [0.2, 0.25) is 5.04 Å². The van der Waals surface area contributed by atoms with Crippen LogP contribution in [-0.4, -0.2) is 9.52 Å². The van der Waals surface area contributed by atoms with Crippen molar-refractivity contribution >= 4 is 26.1 Å². The van der Waals surface area contributed by atoms with Crippen LogP contribution in [0, 0.1) is 0 Å². The molecule has 2 aromatic rings. The van der Waals surface area contributed by atoms with Gasteiger partial charge in [0.2, 0.25) is 0 Å². The zero-order valence-electron chi connectivity index (χ0n) is 11.4. The lowest BCUT2D eigenvalue weighted by Gasteiger charge is -2.17. The van der Waals surface area contributed by atoms with Gasteiger partial charge in [-0.15, -0.1) is 0 Å². The Labute approximate surface area is 112 Å². The highest BCUT2D eigenvalue weighted by Gasteiger charge is 2.11. The molecule has 2 heteroatoms. The van der Waals surface area contributed by atoms with Crippen molar-refractivity contribution in [1.29, 1.82) is 0 Å². The second kappa shape index (κ2) is 5.40. The molecule has 2 rings (SSSR count). The van der Waals surface area contributed by atoms with Crippen LogP contribution in [0.4, 0.5) is 11.4 Å². The van der Waals surface area contributed by atoms with Crippen LogP contribution in [-0.2, 0) is 0 Å². The molecule has 0 aliphatic heterocycles. The van der Waals surface area contributed by atoms with Crippen LogP contribution in [0.5, 0.6) is 0 Å². The van der Waals surface area contributed by atoms with Gasteiger partial charge in [-0.25, -0.2) is 0 Å². The molecule has 0 unspecified atom stereocenters. The summed E-state index contributed by atoms with van der Waals surface area (Å²) in [4.78, 5) is 0. The van der Waals surface area contributed by atoms with E-state index in [0.717, 1.165) is 11.4 Å². The summed E-state index contributed by atoms with van der Waals surface area (Å²) < 4.78 is 0. The summed E-state index contributed by atoms with van der Waals surface area (Å²) in [5.74, 6) is 0. The lowest BCUT2D eigenvalue weighted by Crippen LogP contribution is -2.22. The molecular weight excluding hydrogens is 234 g/mol. The minimum Gasteiger partial charge on any atom is -0.356 e. The third-order valence-electron chi connectivity index (χ3n) is 2.75. The molecule has 94 valence electrons. The van der Waals surface area contributed by atoms with Gasteiger partial charge in [-0.3, -0.25) is 0 Å². The van der Waals surface area contributed by atoms with E-state index in [1.165, 1.54) is 5.19 Å². The molecule has 0 spiro atoms. The summed E-state index contributed by atoms with van der Waals surface area (Å²) >= 11 is 0. The van der Waals surface area contributed by atoms with Crippen molar-refractivity contribution < 1.29 is 0 Å². The maximum absolute atomic E-state index is 3.41. The summed E-state index contributed by atoms with van der Waals surface area (Å²) in [6.45, 7) is 6.99. The third-order valence-corrected chi connectivity index (χ3v) is 4.69. The first-order valence-corrected chi connectivity index (χ1v) is 7.85. The molecule has 0 atom stereocenters. The first kappa shape index (κ1) is 12.9. The standard InChI is InChI=1S/C16H21NSi/c1-16(2,3)18-15-11-9-14(10-12-15)17-13-7-5-4-6-8-13/h4-12,17H,18H2,1-3H3. The van der Waals surface area contributed by atoms with Gasteiger partial charge in [-0.1, -0.05) is 56.3 Å². The third kappa shape index (κ3) is 4.04. The molecule has 0 heterocycles. The SMILES string of the molecule is CC(C)(C)[SiH2]c1ccc(Nc2ccccc2)cc1. The van der Waals surface area contributed by atoms with Crippen molar-refractivity contribution in [3.8, 4) is 0 Å².